The molecule has 31 heavy (non-hydrogen) atoms. The van der Waals surface area contributed by atoms with Crippen LogP contribution in [0.4, 0.5) is 10.6 Å². The summed E-state index contributed by atoms with van der Waals surface area (Å²) in [5.74, 6) is 0.641. The number of nitrogens with zero attached hydrogens (tertiary/aromatic N) is 6. The van der Waals surface area contributed by atoms with E-state index < -0.39 is 0 Å². The lowest BCUT2D eigenvalue weighted by atomic mass is 10.1. The van der Waals surface area contributed by atoms with Crippen LogP contribution in [0.5, 0.6) is 0 Å². The molecule has 0 aliphatic carbocycles. The highest BCUT2D eigenvalue weighted by Crippen LogP contribution is 2.25. The lowest BCUT2D eigenvalue weighted by molar-refractivity contribution is 0.102. The average Bonchev–Trinajstić information content (AvgIpc) is 3.41. The first-order valence-corrected chi connectivity index (χ1v) is 10.1. The number of hydrogen-bond acceptors (Lipinski definition) is 7. The van der Waals surface area contributed by atoms with Gasteiger partial charge in [-0.1, -0.05) is 12.1 Å². The van der Waals surface area contributed by atoms with Gasteiger partial charge in [-0.15, -0.1) is 5.10 Å². The van der Waals surface area contributed by atoms with Gasteiger partial charge in [-0.3, -0.25) is 9.69 Å². The van der Waals surface area contributed by atoms with Crippen LogP contribution in [0.25, 0.3) is 11.5 Å². The second-order valence-electron chi connectivity index (χ2n) is 7.44. The standard InChI is InChI=1S/C21H23N7O3/c1-4-31-21(30)27-11-15-9-8-14(10-16(15)12-27)20(29)23-18-7-5-6-17(22-18)19-24-25-26-28(19)13(2)3/h5-10,13H,4,11-12H2,1-3H3,(H,22,23,29). The van der Waals surface area contributed by atoms with E-state index in [1.807, 2.05) is 19.9 Å². The zero-order valence-electron chi connectivity index (χ0n) is 17.6. The van der Waals surface area contributed by atoms with Gasteiger partial charge < -0.3 is 10.1 Å². The third-order valence-electron chi connectivity index (χ3n) is 4.92. The van der Waals surface area contributed by atoms with Gasteiger partial charge in [0.15, 0.2) is 0 Å². The van der Waals surface area contributed by atoms with Gasteiger partial charge in [-0.2, -0.15) is 0 Å². The highest BCUT2D eigenvalue weighted by molar-refractivity contribution is 6.04. The van der Waals surface area contributed by atoms with Crippen molar-refractivity contribution in [2.24, 2.45) is 0 Å². The second kappa shape index (κ2) is 8.50. The normalized spacial score (nSPS) is 12.7. The van der Waals surface area contributed by atoms with Gasteiger partial charge >= 0.3 is 6.09 Å². The van der Waals surface area contributed by atoms with E-state index in [9.17, 15) is 9.59 Å². The van der Waals surface area contributed by atoms with Crippen molar-refractivity contribution in [1.82, 2.24) is 30.1 Å². The van der Waals surface area contributed by atoms with Gasteiger partial charge in [-0.25, -0.2) is 14.5 Å². The molecular formula is C21H23N7O3. The first-order chi connectivity index (χ1) is 15.0. The number of rotatable bonds is 5. The van der Waals surface area contributed by atoms with Crippen LogP contribution in [0.1, 0.15) is 48.3 Å². The van der Waals surface area contributed by atoms with E-state index in [1.165, 1.54) is 0 Å². The molecule has 3 aromatic rings. The van der Waals surface area contributed by atoms with E-state index in [2.05, 4.69) is 25.8 Å². The second-order valence-corrected chi connectivity index (χ2v) is 7.44. The predicted molar refractivity (Wildman–Crippen MR) is 112 cm³/mol. The molecule has 1 N–H and O–H groups in total. The fraction of sp³-hybridized carbons (Fsp3) is 0.333. The molecule has 0 radical (unpaired) electrons. The third kappa shape index (κ3) is 4.23. The Morgan fingerprint density at radius 2 is 1.97 bits per heavy atom. The van der Waals surface area contributed by atoms with E-state index in [0.717, 1.165) is 11.1 Å². The Morgan fingerprint density at radius 3 is 2.74 bits per heavy atom. The summed E-state index contributed by atoms with van der Waals surface area (Å²) in [6, 6.07) is 10.8. The highest BCUT2D eigenvalue weighted by Gasteiger charge is 2.25. The fourth-order valence-corrected chi connectivity index (χ4v) is 3.41. The number of pyridine rings is 1. The molecule has 3 heterocycles. The summed E-state index contributed by atoms with van der Waals surface area (Å²) >= 11 is 0. The van der Waals surface area contributed by atoms with Crippen molar-refractivity contribution in [1.29, 1.82) is 0 Å². The molecule has 0 spiro atoms. The van der Waals surface area contributed by atoms with E-state index in [4.69, 9.17) is 4.74 Å². The number of amides is 2. The SMILES string of the molecule is CCOC(=O)N1Cc2ccc(C(=O)Nc3cccc(-c4nnnn4C(C)C)n3)cc2C1. The van der Waals surface area contributed by atoms with Gasteiger partial charge in [0.05, 0.1) is 12.6 Å². The molecule has 1 aliphatic heterocycles. The number of ether oxygens (including phenoxy) is 1. The number of benzene rings is 1. The summed E-state index contributed by atoms with van der Waals surface area (Å²) in [6.45, 7) is 6.95. The molecule has 0 fully saturated rings. The van der Waals surface area contributed by atoms with Gasteiger partial charge in [0, 0.05) is 18.7 Å². The summed E-state index contributed by atoms with van der Waals surface area (Å²) < 4.78 is 6.73. The quantitative estimate of drug-likeness (QED) is 0.673. The maximum absolute atomic E-state index is 12.8. The van der Waals surface area contributed by atoms with Crippen molar-refractivity contribution in [3.63, 3.8) is 0 Å². The third-order valence-corrected chi connectivity index (χ3v) is 4.92. The van der Waals surface area contributed by atoms with Crippen LogP contribution in [-0.2, 0) is 17.8 Å². The van der Waals surface area contributed by atoms with Gasteiger partial charge in [-0.05, 0) is 66.6 Å². The Kier molecular flexibility index (Phi) is 5.61. The minimum atomic E-state index is -0.352. The molecule has 10 heteroatoms. The summed E-state index contributed by atoms with van der Waals surface area (Å²) in [5, 5.41) is 14.6. The minimum Gasteiger partial charge on any atom is -0.450 e. The topological polar surface area (TPSA) is 115 Å². The highest BCUT2D eigenvalue weighted by atomic mass is 16.6. The lowest BCUT2D eigenvalue weighted by Gasteiger charge is -2.13. The molecule has 0 saturated heterocycles. The number of carbonyl (C=O) groups excluding carboxylic acids is 2. The molecule has 0 atom stereocenters. The van der Waals surface area contributed by atoms with Crippen LogP contribution in [0.2, 0.25) is 0 Å². The minimum absolute atomic E-state index is 0.0747. The van der Waals surface area contributed by atoms with Gasteiger partial charge in [0.25, 0.3) is 5.91 Å². The van der Waals surface area contributed by atoms with Crippen molar-refractivity contribution < 1.29 is 14.3 Å². The molecule has 0 saturated carbocycles. The fourth-order valence-electron chi connectivity index (χ4n) is 3.41. The maximum atomic E-state index is 12.8. The number of hydrogen-bond donors (Lipinski definition) is 1. The number of anilines is 1. The monoisotopic (exact) mass is 421 g/mol. The van der Waals surface area contributed by atoms with Crippen LogP contribution in [0, 0.1) is 0 Å². The number of carbonyl (C=O) groups is 2. The summed E-state index contributed by atoms with van der Waals surface area (Å²) in [4.78, 5) is 30.9. The summed E-state index contributed by atoms with van der Waals surface area (Å²) in [6.07, 6.45) is -0.352. The Morgan fingerprint density at radius 1 is 1.16 bits per heavy atom. The zero-order chi connectivity index (χ0) is 22.0. The molecule has 10 nitrogen and oxygen atoms in total. The van der Waals surface area contributed by atoms with Crippen LogP contribution < -0.4 is 5.32 Å². The largest absolute Gasteiger partial charge is 0.450 e. The summed E-state index contributed by atoms with van der Waals surface area (Å²) in [7, 11) is 0. The number of fused-ring (bicyclic) bond motifs is 1. The van der Waals surface area contributed by atoms with Crippen LogP contribution in [0.3, 0.4) is 0 Å². The summed E-state index contributed by atoms with van der Waals surface area (Å²) in [5.41, 5.74) is 2.99. The molecule has 2 amide bonds. The Balaban J connectivity index is 1.50. The molecular weight excluding hydrogens is 398 g/mol. The van der Waals surface area contributed by atoms with E-state index in [0.29, 0.717) is 42.6 Å². The first-order valence-electron chi connectivity index (χ1n) is 10.1. The van der Waals surface area contributed by atoms with Gasteiger partial charge in [0.1, 0.15) is 11.5 Å². The lowest BCUT2D eigenvalue weighted by Crippen LogP contribution is -2.25. The first kappa shape index (κ1) is 20.5. The number of aromatic nitrogens is 5. The van der Waals surface area contributed by atoms with Crippen molar-refractivity contribution in [3.05, 3.63) is 53.1 Å². The molecule has 2 aromatic heterocycles. The number of tetrazole rings is 1. The predicted octanol–water partition coefficient (Wildman–Crippen LogP) is 3.04. The van der Waals surface area contributed by atoms with Crippen LogP contribution >= 0.6 is 0 Å². The molecule has 1 aromatic carbocycles. The molecule has 4 rings (SSSR count). The molecule has 0 unspecified atom stereocenters. The molecule has 160 valence electrons. The van der Waals surface area contributed by atoms with E-state index in [-0.39, 0.29) is 18.0 Å². The van der Waals surface area contributed by atoms with E-state index in [1.54, 1.807) is 46.8 Å². The van der Waals surface area contributed by atoms with Crippen molar-refractivity contribution in [2.45, 2.75) is 39.9 Å². The van der Waals surface area contributed by atoms with Crippen molar-refractivity contribution >= 4 is 17.8 Å². The van der Waals surface area contributed by atoms with Crippen LogP contribution in [0.15, 0.2) is 36.4 Å². The van der Waals surface area contributed by atoms with Crippen molar-refractivity contribution in [2.75, 3.05) is 11.9 Å². The Bertz CT molecular complexity index is 1130. The zero-order valence-corrected chi connectivity index (χ0v) is 17.6. The van der Waals surface area contributed by atoms with E-state index >= 15 is 0 Å². The molecule has 1 aliphatic rings. The van der Waals surface area contributed by atoms with Gasteiger partial charge in [0.2, 0.25) is 5.82 Å². The maximum Gasteiger partial charge on any atom is 0.410 e. The van der Waals surface area contributed by atoms with Crippen molar-refractivity contribution in [3.8, 4) is 11.5 Å². The smallest absolute Gasteiger partial charge is 0.410 e. The number of nitrogens with one attached hydrogen (secondary N) is 1. The van der Waals surface area contributed by atoms with Crippen LogP contribution in [-0.4, -0.2) is 48.7 Å². The Labute approximate surface area is 179 Å². The Hall–Kier alpha value is -3.82. The average molecular weight is 421 g/mol. The molecule has 0 bridgehead atoms.